The lowest BCUT2D eigenvalue weighted by molar-refractivity contribution is -0.137. The molecule has 4 nitrogen and oxygen atoms in total. The molecule has 55 valence electrons. The van der Waals surface area contributed by atoms with Gasteiger partial charge in [-0.25, -0.2) is 4.79 Å². The van der Waals surface area contributed by atoms with Crippen molar-refractivity contribution in [1.29, 1.82) is 0 Å². The maximum absolute atomic E-state index is 10.4. The molecule has 4 heteroatoms. The van der Waals surface area contributed by atoms with Gasteiger partial charge in [-0.3, -0.25) is 4.79 Å². The third-order valence-corrected chi connectivity index (χ3v) is 0.716. The summed E-state index contributed by atoms with van der Waals surface area (Å²) in [6.07, 6.45) is 0. The third-order valence-electron chi connectivity index (χ3n) is 0.716. The van der Waals surface area contributed by atoms with Crippen LogP contribution in [0.25, 0.3) is 0 Å². The van der Waals surface area contributed by atoms with Crippen molar-refractivity contribution in [3.63, 3.8) is 0 Å². The molecule has 1 amide bonds. The van der Waals surface area contributed by atoms with E-state index in [1.807, 2.05) is 0 Å². The largest absolute Gasteiger partial charge is 0.464 e. The number of esters is 1. The molecule has 0 rings (SSSR count). The van der Waals surface area contributed by atoms with E-state index in [0.29, 0.717) is 0 Å². The molecule has 0 aromatic heterocycles. The zero-order valence-electron chi connectivity index (χ0n) is 5.80. The quantitative estimate of drug-likeness (QED) is 0.422. The second-order valence-electron chi connectivity index (χ2n) is 1.59. The van der Waals surface area contributed by atoms with E-state index in [9.17, 15) is 9.59 Å². The highest BCUT2D eigenvalue weighted by Crippen LogP contribution is 1.85. The van der Waals surface area contributed by atoms with Gasteiger partial charge in [0.1, 0.15) is 5.70 Å². The number of ether oxygens (including phenoxy) is 1. The summed E-state index contributed by atoms with van der Waals surface area (Å²) in [7, 11) is 1.18. The molecule has 0 saturated carbocycles. The van der Waals surface area contributed by atoms with E-state index in [1.165, 1.54) is 14.0 Å². The van der Waals surface area contributed by atoms with Crippen molar-refractivity contribution >= 4 is 11.9 Å². The Bertz CT molecular complexity index is 174. The first-order valence-corrected chi connectivity index (χ1v) is 2.56. The van der Waals surface area contributed by atoms with Crippen molar-refractivity contribution in [2.45, 2.75) is 6.92 Å². The first kappa shape index (κ1) is 8.68. The van der Waals surface area contributed by atoms with Gasteiger partial charge in [0, 0.05) is 6.92 Å². The molecule has 0 aromatic carbocycles. The van der Waals surface area contributed by atoms with Crippen molar-refractivity contribution in [1.82, 2.24) is 5.32 Å². The number of methoxy groups -OCH3 is 1. The summed E-state index contributed by atoms with van der Waals surface area (Å²) in [5.41, 5.74) is -0.296. The Morgan fingerprint density at radius 2 is 2.00 bits per heavy atom. The highest BCUT2D eigenvalue weighted by atomic mass is 16.5. The van der Waals surface area contributed by atoms with Gasteiger partial charge in [0.2, 0.25) is 5.91 Å². The highest BCUT2D eigenvalue weighted by molar-refractivity contribution is 5.92. The van der Waals surface area contributed by atoms with E-state index < -0.39 is 11.9 Å². The van der Waals surface area contributed by atoms with Crippen LogP contribution in [0.15, 0.2) is 5.70 Å². The summed E-state index contributed by atoms with van der Waals surface area (Å²) < 4.78 is 4.20. The molecule has 1 N–H and O–H groups in total. The van der Waals surface area contributed by atoms with Gasteiger partial charge < -0.3 is 10.1 Å². The molecule has 0 aliphatic rings. The van der Waals surface area contributed by atoms with Crippen LogP contribution in [0.2, 0.25) is 0 Å². The number of carbonyl (C=O) groups excluding carboxylic acids is 2. The molecule has 10 heavy (non-hydrogen) atoms. The van der Waals surface area contributed by atoms with Crippen LogP contribution in [0.1, 0.15) is 6.92 Å². The molecule has 0 aliphatic heterocycles. The normalized spacial score (nSPS) is 8.20. The van der Waals surface area contributed by atoms with Gasteiger partial charge >= 0.3 is 5.97 Å². The van der Waals surface area contributed by atoms with Crippen molar-refractivity contribution < 1.29 is 14.3 Å². The molecular weight excluding hydrogens is 134 g/mol. The lowest BCUT2D eigenvalue weighted by Gasteiger charge is -2.01. The summed E-state index contributed by atoms with van der Waals surface area (Å²) in [4.78, 5) is 20.7. The van der Waals surface area contributed by atoms with Crippen LogP contribution in [0.4, 0.5) is 0 Å². The SMILES string of the molecule is [CH]=C(NC(C)=O)C(=O)OC. The predicted octanol–water partition coefficient (Wildman–Crippen LogP) is -0.388. The topological polar surface area (TPSA) is 55.4 Å². The van der Waals surface area contributed by atoms with Crippen LogP contribution in [0, 0.1) is 6.58 Å². The fourth-order valence-electron chi connectivity index (χ4n) is 0.351. The minimum Gasteiger partial charge on any atom is -0.464 e. The standard InChI is InChI=1S/C6H8NO3/c1-4(6(9)10-3)7-5(2)8/h1H,2-3H3,(H,7,8). The monoisotopic (exact) mass is 142 g/mol. The van der Waals surface area contributed by atoms with E-state index in [-0.39, 0.29) is 5.70 Å². The van der Waals surface area contributed by atoms with Gasteiger partial charge in [0.05, 0.1) is 7.11 Å². The van der Waals surface area contributed by atoms with Crippen LogP contribution in [-0.2, 0) is 14.3 Å². The van der Waals surface area contributed by atoms with E-state index in [4.69, 9.17) is 6.58 Å². The van der Waals surface area contributed by atoms with E-state index in [1.54, 1.807) is 0 Å². The molecule has 0 aromatic rings. The molecule has 1 radical (unpaired) electrons. The molecule has 0 unspecified atom stereocenters. The smallest absolute Gasteiger partial charge is 0.354 e. The van der Waals surface area contributed by atoms with Crippen LogP contribution < -0.4 is 5.32 Å². The summed E-state index contributed by atoms with van der Waals surface area (Å²) in [5, 5.41) is 2.07. The maximum atomic E-state index is 10.4. The summed E-state index contributed by atoms with van der Waals surface area (Å²) in [6.45, 7) is 6.28. The number of hydrogen-bond acceptors (Lipinski definition) is 3. The van der Waals surface area contributed by atoms with Gasteiger partial charge in [-0.2, -0.15) is 0 Å². The number of amides is 1. The van der Waals surface area contributed by atoms with E-state index in [0.717, 1.165) is 0 Å². The number of rotatable bonds is 2. The van der Waals surface area contributed by atoms with Crippen LogP contribution in [0.3, 0.4) is 0 Å². The first-order chi connectivity index (χ1) is 4.57. The molecule has 0 saturated heterocycles. The lowest BCUT2D eigenvalue weighted by atomic mass is 10.5. The average molecular weight is 142 g/mol. The molecule has 0 fully saturated rings. The van der Waals surface area contributed by atoms with Crippen molar-refractivity contribution in [3.8, 4) is 0 Å². The van der Waals surface area contributed by atoms with E-state index >= 15 is 0 Å². The third kappa shape index (κ3) is 2.86. The van der Waals surface area contributed by atoms with Crippen molar-refractivity contribution in [2.24, 2.45) is 0 Å². The maximum Gasteiger partial charge on any atom is 0.354 e. The first-order valence-electron chi connectivity index (χ1n) is 2.56. The number of hydrogen-bond donors (Lipinski definition) is 1. The van der Waals surface area contributed by atoms with Crippen LogP contribution >= 0.6 is 0 Å². The van der Waals surface area contributed by atoms with Gasteiger partial charge in [-0.1, -0.05) is 0 Å². The Balaban J connectivity index is 3.86. The Hall–Kier alpha value is -1.32. The van der Waals surface area contributed by atoms with Crippen molar-refractivity contribution in [3.05, 3.63) is 12.3 Å². The number of carbonyl (C=O) groups is 2. The van der Waals surface area contributed by atoms with Crippen LogP contribution in [-0.4, -0.2) is 19.0 Å². The Morgan fingerprint density at radius 1 is 1.50 bits per heavy atom. The van der Waals surface area contributed by atoms with Crippen LogP contribution in [0.5, 0.6) is 0 Å². The molecule has 0 bridgehead atoms. The molecular formula is C6H8NO3. The fourth-order valence-corrected chi connectivity index (χ4v) is 0.351. The summed E-state index contributed by atoms with van der Waals surface area (Å²) in [5.74, 6) is -1.14. The minimum absolute atomic E-state index is 0.296. The average Bonchev–Trinajstić information content (AvgIpc) is 1.85. The molecule has 0 atom stereocenters. The minimum atomic E-state index is -0.741. The van der Waals surface area contributed by atoms with Gasteiger partial charge in [0.25, 0.3) is 0 Å². The Morgan fingerprint density at radius 3 is 2.30 bits per heavy atom. The van der Waals surface area contributed by atoms with Gasteiger partial charge in [0.15, 0.2) is 0 Å². The lowest BCUT2D eigenvalue weighted by Crippen LogP contribution is -2.24. The molecule has 0 aliphatic carbocycles. The zero-order chi connectivity index (χ0) is 8.15. The second-order valence-corrected chi connectivity index (χ2v) is 1.59. The van der Waals surface area contributed by atoms with Gasteiger partial charge in [-0.05, 0) is 6.58 Å². The highest BCUT2D eigenvalue weighted by Gasteiger charge is 2.06. The van der Waals surface area contributed by atoms with E-state index in [2.05, 4.69) is 10.1 Å². The number of nitrogens with one attached hydrogen (secondary N) is 1. The van der Waals surface area contributed by atoms with Crippen molar-refractivity contribution in [2.75, 3.05) is 7.11 Å². The fraction of sp³-hybridized carbons (Fsp3) is 0.333. The summed E-state index contributed by atoms with van der Waals surface area (Å²) >= 11 is 0. The Kier molecular flexibility index (Phi) is 3.17. The predicted molar refractivity (Wildman–Crippen MR) is 33.6 cm³/mol. The Labute approximate surface area is 58.9 Å². The molecule has 0 spiro atoms. The molecule has 0 heterocycles. The van der Waals surface area contributed by atoms with Gasteiger partial charge in [-0.15, -0.1) is 0 Å². The zero-order valence-corrected chi connectivity index (χ0v) is 5.80. The summed E-state index contributed by atoms with van der Waals surface area (Å²) in [6, 6.07) is 0. The second kappa shape index (κ2) is 3.66.